The predicted molar refractivity (Wildman–Crippen MR) is 80.7 cm³/mol. The summed E-state index contributed by atoms with van der Waals surface area (Å²) in [5.74, 6) is 2.28. The smallest absolute Gasteiger partial charge is 0.225 e. The first-order valence-electron chi connectivity index (χ1n) is 7.01. The summed E-state index contributed by atoms with van der Waals surface area (Å²) in [7, 11) is 1.98. The molecule has 2 aromatic heterocycles. The Morgan fingerprint density at radius 1 is 1.20 bits per heavy atom. The number of hydrogen-bond donors (Lipinski definition) is 1. The van der Waals surface area contributed by atoms with Gasteiger partial charge in [-0.2, -0.15) is 0 Å². The van der Waals surface area contributed by atoms with Crippen LogP contribution in [0.4, 0.5) is 5.95 Å². The molecule has 0 spiro atoms. The number of aromatic nitrogens is 4. The van der Waals surface area contributed by atoms with Crippen molar-refractivity contribution >= 4 is 5.95 Å². The predicted octanol–water partition coefficient (Wildman–Crippen LogP) is 2.65. The molecule has 0 aliphatic rings. The molecule has 0 radical (unpaired) electrons. The van der Waals surface area contributed by atoms with Crippen LogP contribution in [-0.4, -0.2) is 27.0 Å². The number of aromatic amines is 1. The number of anilines is 1. The SMILES string of the molecule is Cc1nc(N(C)Cc2ncc[nH]2)nc(C)c1CC(C)C. The van der Waals surface area contributed by atoms with Gasteiger partial charge in [0.25, 0.3) is 0 Å². The number of nitrogens with zero attached hydrogens (tertiary/aromatic N) is 4. The molecule has 0 bridgehead atoms. The van der Waals surface area contributed by atoms with E-state index in [1.165, 1.54) is 5.56 Å². The topological polar surface area (TPSA) is 57.7 Å². The summed E-state index contributed by atoms with van der Waals surface area (Å²) in [4.78, 5) is 18.6. The van der Waals surface area contributed by atoms with E-state index in [2.05, 4.69) is 47.6 Å². The molecule has 5 heteroatoms. The molecule has 0 saturated carbocycles. The number of rotatable bonds is 5. The van der Waals surface area contributed by atoms with Gasteiger partial charge in [0.2, 0.25) is 5.95 Å². The molecular formula is C15H23N5. The molecule has 0 aliphatic carbocycles. The van der Waals surface area contributed by atoms with E-state index in [1.807, 2.05) is 18.1 Å². The highest BCUT2D eigenvalue weighted by molar-refractivity contribution is 5.36. The summed E-state index contributed by atoms with van der Waals surface area (Å²) in [6.45, 7) is 9.24. The second-order valence-corrected chi connectivity index (χ2v) is 5.66. The second kappa shape index (κ2) is 6.03. The Balaban J connectivity index is 2.20. The van der Waals surface area contributed by atoms with Crippen LogP contribution in [0.15, 0.2) is 12.4 Å². The third-order valence-electron chi connectivity index (χ3n) is 3.30. The average molecular weight is 273 g/mol. The molecule has 0 aromatic carbocycles. The Morgan fingerprint density at radius 3 is 2.35 bits per heavy atom. The third kappa shape index (κ3) is 3.35. The van der Waals surface area contributed by atoms with Gasteiger partial charge in [-0.15, -0.1) is 0 Å². The summed E-state index contributed by atoms with van der Waals surface area (Å²) >= 11 is 0. The lowest BCUT2D eigenvalue weighted by molar-refractivity contribution is 0.635. The zero-order valence-electron chi connectivity index (χ0n) is 12.9. The number of imidazole rings is 1. The zero-order valence-corrected chi connectivity index (χ0v) is 12.9. The molecule has 0 saturated heterocycles. The fraction of sp³-hybridized carbons (Fsp3) is 0.533. The molecule has 0 atom stereocenters. The molecule has 0 fully saturated rings. The summed E-state index contributed by atoms with van der Waals surface area (Å²) in [5, 5.41) is 0. The van der Waals surface area contributed by atoms with Gasteiger partial charge in [-0.3, -0.25) is 0 Å². The molecule has 108 valence electrons. The largest absolute Gasteiger partial charge is 0.347 e. The van der Waals surface area contributed by atoms with Crippen molar-refractivity contribution in [2.45, 2.75) is 40.7 Å². The Hall–Kier alpha value is -1.91. The first-order chi connectivity index (χ1) is 9.47. The average Bonchev–Trinajstić information content (AvgIpc) is 2.86. The maximum absolute atomic E-state index is 4.64. The maximum Gasteiger partial charge on any atom is 0.225 e. The van der Waals surface area contributed by atoms with Crippen LogP contribution in [0.25, 0.3) is 0 Å². The standard InChI is InChI=1S/C15H23N5/c1-10(2)8-13-11(3)18-15(19-12(13)4)20(5)9-14-16-6-7-17-14/h6-7,10H,8-9H2,1-5H3,(H,16,17). The minimum absolute atomic E-state index is 0.614. The highest BCUT2D eigenvalue weighted by Gasteiger charge is 2.13. The van der Waals surface area contributed by atoms with E-state index in [-0.39, 0.29) is 0 Å². The molecule has 5 nitrogen and oxygen atoms in total. The van der Waals surface area contributed by atoms with Crippen LogP contribution in [-0.2, 0) is 13.0 Å². The maximum atomic E-state index is 4.64. The second-order valence-electron chi connectivity index (χ2n) is 5.66. The summed E-state index contributed by atoms with van der Waals surface area (Å²) in [6.07, 6.45) is 4.61. The lowest BCUT2D eigenvalue weighted by atomic mass is 10.0. The third-order valence-corrected chi connectivity index (χ3v) is 3.30. The van der Waals surface area contributed by atoms with Gasteiger partial charge in [-0.05, 0) is 31.7 Å². The normalized spacial score (nSPS) is 11.1. The van der Waals surface area contributed by atoms with Gasteiger partial charge < -0.3 is 9.88 Å². The van der Waals surface area contributed by atoms with Crippen LogP contribution < -0.4 is 4.90 Å². The van der Waals surface area contributed by atoms with E-state index >= 15 is 0 Å². The minimum Gasteiger partial charge on any atom is -0.347 e. The summed E-state index contributed by atoms with van der Waals surface area (Å²) in [5.41, 5.74) is 3.43. The van der Waals surface area contributed by atoms with Crippen LogP contribution in [0, 0.1) is 19.8 Å². The Kier molecular flexibility index (Phi) is 4.37. The van der Waals surface area contributed by atoms with Gasteiger partial charge in [0.05, 0.1) is 6.54 Å². The van der Waals surface area contributed by atoms with Gasteiger partial charge >= 0.3 is 0 Å². The Labute approximate surface area is 120 Å². The van der Waals surface area contributed by atoms with E-state index in [4.69, 9.17) is 0 Å². The number of nitrogens with one attached hydrogen (secondary N) is 1. The van der Waals surface area contributed by atoms with Crippen LogP contribution in [0.3, 0.4) is 0 Å². The highest BCUT2D eigenvalue weighted by atomic mass is 15.2. The first kappa shape index (κ1) is 14.5. The van der Waals surface area contributed by atoms with E-state index in [1.54, 1.807) is 6.20 Å². The van der Waals surface area contributed by atoms with Gasteiger partial charge in [0.1, 0.15) is 5.82 Å². The van der Waals surface area contributed by atoms with Crippen molar-refractivity contribution in [3.63, 3.8) is 0 Å². The first-order valence-corrected chi connectivity index (χ1v) is 7.01. The van der Waals surface area contributed by atoms with Crippen LogP contribution in [0.5, 0.6) is 0 Å². The number of hydrogen-bond acceptors (Lipinski definition) is 4. The van der Waals surface area contributed by atoms with Crippen molar-refractivity contribution in [3.05, 3.63) is 35.2 Å². The monoisotopic (exact) mass is 273 g/mol. The quantitative estimate of drug-likeness (QED) is 0.910. The van der Waals surface area contributed by atoms with E-state index < -0.39 is 0 Å². The van der Waals surface area contributed by atoms with Gasteiger partial charge in [0.15, 0.2) is 0 Å². The molecule has 0 unspecified atom stereocenters. The van der Waals surface area contributed by atoms with Gasteiger partial charge in [-0.1, -0.05) is 13.8 Å². The zero-order chi connectivity index (χ0) is 14.7. The molecule has 0 aliphatic heterocycles. The van der Waals surface area contributed by atoms with E-state index in [0.29, 0.717) is 12.5 Å². The number of aryl methyl sites for hydroxylation is 2. The molecular weight excluding hydrogens is 250 g/mol. The lowest BCUT2D eigenvalue weighted by Crippen LogP contribution is -2.21. The molecule has 2 aromatic rings. The van der Waals surface area contributed by atoms with Crippen molar-refractivity contribution in [1.29, 1.82) is 0 Å². The Morgan fingerprint density at radius 2 is 1.85 bits per heavy atom. The number of H-pyrrole nitrogens is 1. The molecule has 1 N–H and O–H groups in total. The fourth-order valence-corrected chi connectivity index (χ4v) is 2.28. The van der Waals surface area contributed by atoms with Gasteiger partial charge in [0, 0.05) is 30.8 Å². The van der Waals surface area contributed by atoms with Crippen molar-refractivity contribution in [2.75, 3.05) is 11.9 Å². The van der Waals surface area contributed by atoms with E-state index in [9.17, 15) is 0 Å². The molecule has 0 amide bonds. The van der Waals surface area contributed by atoms with Gasteiger partial charge in [-0.25, -0.2) is 15.0 Å². The van der Waals surface area contributed by atoms with Crippen LogP contribution in [0.1, 0.15) is 36.6 Å². The van der Waals surface area contributed by atoms with Crippen molar-refractivity contribution in [1.82, 2.24) is 19.9 Å². The molecule has 20 heavy (non-hydrogen) atoms. The molecule has 2 rings (SSSR count). The van der Waals surface area contributed by atoms with Crippen LogP contribution >= 0.6 is 0 Å². The summed E-state index contributed by atoms with van der Waals surface area (Å²) in [6, 6.07) is 0. The lowest BCUT2D eigenvalue weighted by Gasteiger charge is -2.19. The van der Waals surface area contributed by atoms with E-state index in [0.717, 1.165) is 29.6 Å². The summed E-state index contributed by atoms with van der Waals surface area (Å²) < 4.78 is 0. The van der Waals surface area contributed by atoms with Crippen molar-refractivity contribution < 1.29 is 0 Å². The van der Waals surface area contributed by atoms with Crippen molar-refractivity contribution in [3.8, 4) is 0 Å². The van der Waals surface area contributed by atoms with Crippen LogP contribution in [0.2, 0.25) is 0 Å². The van der Waals surface area contributed by atoms with Crippen molar-refractivity contribution in [2.24, 2.45) is 5.92 Å². The fourth-order valence-electron chi connectivity index (χ4n) is 2.28. The minimum atomic E-state index is 0.614. The molecule has 2 heterocycles. The Bertz CT molecular complexity index is 537. The highest BCUT2D eigenvalue weighted by Crippen LogP contribution is 2.18.